The number of likely N-dealkylation sites (tertiary alicyclic amines) is 1. The lowest BCUT2D eigenvalue weighted by molar-refractivity contribution is 0.232. The van der Waals surface area contributed by atoms with Crippen LogP contribution in [0.5, 0.6) is 5.75 Å². The van der Waals surface area contributed by atoms with E-state index in [4.69, 9.17) is 9.84 Å². The zero-order valence-corrected chi connectivity index (χ0v) is 12.1. The van der Waals surface area contributed by atoms with E-state index in [2.05, 4.69) is 23.7 Å². The van der Waals surface area contributed by atoms with Crippen LogP contribution >= 0.6 is 0 Å². The van der Waals surface area contributed by atoms with Crippen molar-refractivity contribution in [1.29, 1.82) is 0 Å². The van der Waals surface area contributed by atoms with Crippen molar-refractivity contribution >= 4 is 0 Å². The summed E-state index contributed by atoms with van der Waals surface area (Å²) in [6.07, 6.45) is 2.60. The van der Waals surface area contributed by atoms with Gasteiger partial charge in [-0.1, -0.05) is 31.3 Å². The molecule has 2 rings (SSSR count). The molecule has 0 aliphatic carbocycles. The molecule has 1 N–H and O–H groups in total. The number of hydrogen-bond donors (Lipinski definition) is 1. The fraction of sp³-hybridized carbons (Fsp3) is 0.529. The number of aliphatic hydroxyl groups is 1. The number of ether oxygens (including phenoxy) is 1. The molecule has 0 amide bonds. The summed E-state index contributed by atoms with van der Waals surface area (Å²) in [6.45, 7) is 6.27. The first-order valence-electron chi connectivity index (χ1n) is 7.36. The molecule has 1 fully saturated rings. The molecule has 1 aromatic rings. The van der Waals surface area contributed by atoms with Gasteiger partial charge in [-0.2, -0.15) is 0 Å². The Morgan fingerprint density at radius 1 is 1.45 bits per heavy atom. The number of hydrogen-bond acceptors (Lipinski definition) is 3. The lowest BCUT2D eigenvalue weighted by Gasteiger charge is -2.16. The van der Waals surface area contributed by atoms with Crippen LogP contribution in [0, 0.1) is 17.8 Å². The van der Waals surface area contributed by atoms with E-state index in [1.807, 2.05) is 24.3 Å². The van der Waals surface area contributed by atoms with Crippen molar-refractivity contribution in [3.8, 4) is 17.6 Å². The van der Waals surface area contributed by atoms with Crippen LogP contribution < -0.4 is 4.74 Å². The van der Waals surface area contributed by atoms with Crippen molar-refractivity contribution in [2.45, 2.75) is 19.8 Å². The van der Waals surface area contributed by atoms with E-state index in [1.165, 1.54) is 25.9 Å². The molecule has 1 atom stereocenters. The van der Waals surface area contributed by atoms with Crippen LogP contribution in [-0.4, -0.2) is 42.9 Å². The molecule has 0 saturated carbocycles. The largest absolute Gasteiger partial charge is 0.492 e. The van der Waals surface area contributed by atoms with Gasteiger partial charge in [-0.05, 0) is 37.1 Å². The standard InChI is InChI=1S/C17H23NO2/c1-2-15-8-9-18(14-15)10-12-20-17-7-3-5-16(13-17)6-4-11-19/h3,5,7,13,15,19H,2,8-12,14H2,1H3. The van der Waals surface area contributed by atoms with Gasteiger partial charge in [-0.3, -0.25) is 4.90 Å². The van der Waals surface area contributed by atoms with Crippen molar-refractivity contribution in [2.75, 3.05) is 32.8 Å². The van der Waals surface area contributed by atoms with Crippen LogP contribution in [0.25, 0.3) is 0 Å². The fourth-order valence-electron chi connectivity index (χ4n) is 2.55. The number of rotatable bonds is 5. The Balaban J connectivity index is 1.77. The summed E-state index contributed by atoms with van der Waals surface area (Å²) in [5.74, 6) is 7.25. The molecular formula is C17H23NO2. The lowest BCUT2D eigenvalue weighted by Crippen LogP contribution is -2.26. The van der Waals surface area contributed by atoms with Gasteiger partial charge >= 0.3 is 0 Å². The van der Waals surface area contributed by atoms with Gasteiger partial charge in [0.1, 0.15) is 19.0 Å². The smallest absolute Gasteiger partial charge is 0.120 e. The van der Waals surface area contributed by atoms with Crippen LogP contribution in [0.15, 0.2) is 24.3 Å². The maximum absolute atomic E-state index is 8.69. The van der Waals surface area contributed by atoms with Crippen LogP contribution in [0.1, 0.15) is 25.3 Å². The summed E-state index contributed by atoms with van der Waals surface area (Å²) in [4.78, 5) is 2.48. The topological polar surface area (TPSA) is 32.7 Å². The van der Waals surface area contributed by atoms with Crippen LogP contribution in [-0.2, 0) is 0 Å². The third-order valence-corrected chi connectivity index (χ3v) is 3.77. The summed E-state index contributed by atoms with van der Waals surface area (Å²) < 4.78 is 5.79. The molecule has 20 heavy (non-hydrogen) atoms. The van der Waals surface area contributed by atoms with Gasteiger partial charge < -0.3 is 9.84 Å². The number of benzene rings is 1. The predicted octanol–water partition coefficient (Wildman–Crippen LogP) is 2.14. The van der Waals surface area contributed by atoms with Gasteiger partial charge in [0.25, 0.3) is 0 Å². The van der Waals surface area contributed by atoms with Gasteiger partial charge in [-0.15, -0.1) is 0 Å². The molecule has 3 nitrogen and oxygen atoms in total. The Bertz CT molecular complexity index is 475. The second kappa shape index (κ2) is 7.94. The van der Waals surface area contributed by atoms with Crippen molar-refractivity contribution in [1.82, 2.24) is 4.90 Å². The normalized spacial score (nSPS) is 18.6. The minimum atomic E-state index is -0.112. The monoisotopic (exact) mass is 273 g/mol. The van der Waals surface area contributed by atoms with Gasteiger partial charge in [-0.25, -0.2) is 0 Å². The molecule has 108 valence electrons. The lowest BCUT2D eigenvalue weighted by atomic mass is 10.1. The molecule has 1 unspecified atom stereocenters. The highest BCUT2D eigenvalue weighted by molar-refractivity contribution is 5.39. The Kier molecular flexibility index (Phi) is 5.91. The van der Waals surface area contributed by atoms with Gasteiger partial charge in [0, 0.05) is 18.7 Å². The maximum Gasteiger partial charge on any atom is 0.120 e. The summed E-state index contributed by atoms with van der Waals surface area (Å²) >= 11 is 0. The molecule has 1 aliphatic heterocycles. The fourth-order valence-corrected chi connectivity index (χ4v) is 2.55. The summed E-state index contributed by atoms with van der Waals surface area (Å²) in [5.41, 5.74) is 0.878. The van der Waals surface area contributed by atoms with Gasteiger partial charge in [0.05, 0.1) is 0 Å². The summed E-state index contributed by atoms with van der Waals surface area (Å²) in [6, 6.07) is 7.71. The molecule has 0 spiro atoms. The predicted molar refractivity (Wildman–Crippen MR) is 80.7 cm³/mol. The van der Waals surface area contributed by atoms with Crippen LogP contribution in [0.4, 0.5) is 0 Å². The van der Waals surface area contributed by atoms with E-state index in [0.717, 1.165) is 23.8 Å². The number of aliphatic hydroxyl groups excluding tert-OH is 1. The van der Waals surface area contributed by atoms with Crippen molar-refractivity contribution in [3.05, 3.63) is 29.8 Å². The minimum absolute atomic E-state index is 0.112. The second-order valence-electron chi connectivity index (χ2n) is 5.20. The maximum atomic E-state index is 8.69. The van der Waals surface area contributed by atoms with Crippen molar-refractivity contribution in [2.24, 2.45) is 5.92 Å². The summed E-state index contributed by atoms with van der Waals surface area (Å²) in [5, 5.41) is 8.69. The van der Waals surface area contributed by atoms with Crippen LogP contribution in [0.2, 0.25) is 0 Å². The SMILES string of the molecule is CCC1CCN(CCOc2cccc(C#CCO)c2)C1. The molecule has 1 aliphatic rings. The van der Waals surface area contributed by atoms with Crippen LogP contribution in [0.3, 0.4) is 0 Å². The molecule has 1 heterocycles. The molecule has 3 heteroatoms. The van der Waals surface area contributed by atoms with Gasteiger partial charge in [0.15, 0.2) is 0 Å². The van der Waals surface area contributed by atoms with Crippen molar-refractivity contribution in [3.63, 3.8) is 0 Å². The van der Waals surface area contributed by atoms with E-state index in [9.17, 15) is 0 Å². The average molecular weight is 273 g/mol. The highest BCUT2D eigenvalue weighted by Gasteiger charge is 2.20. The first-order chi connectivity index (χ1) is 9.81. The highest BCUT2D eigenvalue weighted by Crippen LogP contribution is 2.19. The zero-order chi connectivity index (χ0) is 14.2. The molecule has 0 radical (unpaired) electrons. The first-order valence-corrected chi connectivity index (χ1v) is 7.36. The molecule has 0 aromatic heterocycles. The molecular weight excluding hydrogens is 250 g/mol. The highest BCUT2D eigenvalue weighted by atomic mass is 16.5. The summed E-state index contributed by atoms with van der Waals surface area (Å²) in [7, 11) is 0. The first kappa shape index (κ1) is 14.9. The molecule has 0 bridgehead atoms. The zero-order valence-electron chi connectivity index (χ0n) is 12.1. The van der Waals surface area contributed by atoms with Gasteiger partial charge in [0.2, 0.25) is 0 Å². The Morgan fingerprint density at radius 3 is 3.10 bits per heavy atom. The average Bonchev–Trinajstić information content (AvgIpc) is 2.93. The Hall–Kier alpha value is -1.50. The third kappa shape index (κ3) is 4.56. The van der Waals surface area contributed by atoms with Crippen molar-refractivity contribution < 1.29 is 9.84 Å². The number of nitrogens with zero attached hydrogens (tertiary/aromatic N) is 1. The molecule has 1 saturated heterocycles. The van der Waals surface area contributed by atoms with E-state index < -0.39 is 0 Å². The van der Waals surface area contributed by atoms with E-state index >= 15 is 0 Å². The van der Waals surface area contributed by atoms with E-state index in [-0.39, 0.29) is 6.61 Å². The third-order valence-electron chi connectivity index (χ3n) is 3.77. The van der Waals surface area contributed by atoms with E-state index in [1.54, 1.807) is 0 Å². The Labute approximate surface area is 121 Å². The van der Waals surface area contributed by atoms with E-state index in [0.29, 0.717) is 6.61 Å². The molecule has 1 aromatic carbocycles. The Morgan fingerprint density at radius 2 is 2.35 bits per heavy atom. The second-order valence-corrected chi connectivity index (χ2v) is 5.20. The minimum Gasteiger partial charge on any atom is -0.492 e. The quantitative estimate of drug-likeness (QED) is 0.834.